The molecule has 8 heteroatoms. The fraction of sp³-hybridized carbons (Fsp3) is 0.312. The fourth-order valence-electron chi connectivity index (χ4n) is 2.32. The summed E-state index contributed by atoms with van der Waals surface area (Å²) < 4.78 is 38.3. The molecule has 0 unspecified atom stereocenters. The molecule has 1 atom stereocenters. The highest BCUT2D eigenvalue weighted by Crippen LogP contribution is 2.32. The molecule has 2 N–H and O–H groups in total. The normalized spacial score (nSPS) is 12.8. The van der Waals surface area contributed by atoms with Gasteiger partial charge in [-0.2, -0.15) is 13.2 Å². The molecule has 5 nitrogen and oxygen atoms in total. The Bertz CT molecular complexity index is 828. The Morgan fingerprint density at radius 2 is 1.92 bits per heavy atom. The van der Waals surface area contributed by atoms with Crippen molar-refractivity contribution in [1.29, 1.82) is 0 Å². The molecule has 0 bridgehead atoms. The SMILES string of the molecule is Cc1nc(C(=O)N[C@H](C)c2ccc(C(F)(F)F)c(C)c2)cc(=O)[nH]1. The molecule has 0 saturated carbocycles. The van der Waals surface area contributed by atoms with Gasteiger partial charge in [-0.1, -0.05) is 12.1 Å². The average molecular weight is 339 g/mol. The highest BCUT2D eigenvalue weighted by atomic mass is 19.4. The molecule has 2 aromatic rings. The predicted octanol–water partition coefficient (Wildman–Crippen LogP) is 2.90. The van der Waals surface area contributed by atoms with Gasteiger partial charge in [0.2, 0.25) is 0 Å². The van der Waals surface area contributed by atoms with E-state index in [4.69, 9.17) is 0 Å². The molecule has 0 aliphatic rings. The summed E-state index contributed by atoms with van der Waals surface area (Å²) in [6.07, 6.45) is -4.42. The van der Waals surface area contributed by atoms with E-state index < -0.39 is 29.2 Å². The van der Waals surface area contributed by atoms with E-state index in [1.807, 2.05) is 0 Å². The summed E-state index contributed by atoms with van der Waals surface area (Å²) in [7, 11) is 0. The number of nitrogens with one attached hydrogen (secondary N) is 2. The molecule has 0 radical (unpaired) electrons. The molecule has 0 fully saturated rings. The van der Waals surface area contributed by atoms with E-state index >= 15 is 0 Å². The second-order valence-electron chi connectivity index (χ2n) is 5.48. The van der Waals surface area contributed by atoms with Crippen molar-refractivity contribution in [2.75, 3.05) is 0 Å². The standard InChI is InChI=1S/C16H16F3N3O2/c1-8-6-11(4-5-12(8)16(17,18)19)9(2)20-15(24)13-7-14(23)22-10(3)21-13/h4-7,9H,1-3H3,(H,20,24)(H,21,22,23)/t9-/m1/s1. The van der Waals surface area contributed by atoms with Crippen LogP contribution in [-0.4, -0.2) is 15.9 Å². The highest BCUT2D eigenvalue weighted by molar-refractivity contribution is 5.92. The number of amides is 1. The molecule has 1 aromatic carbocycles. The molecular weight excluding hydrogens is 323 g/mol. The van der Waals surface area contributed by atoms with Crippen LogP contribution in [0.2, 0.25) is 0 Å². The quantitative estimate of drug-likeness (QED) is 0.903. The molecule has 2 rings (SSSR count). The van der Waals surface area contributed by atoms with Crippen LogP contribution >= 0.6 is 0 Å². The van der Waals surface area contributed by atoms with Crippen LogP contribution in [0.1, 0.15) is 46.0 Å². The Morgan fingerprint density at radius 1 is 1.25 bits per heavy atom. The number of nitrogens with zero attached hydrogens (tertiary/aromatic N) is 1. The third-order valence-electron chi connectivity index (χ3n) is 3.50. The summed E-state index contributed by atoms with van der Waals surface area (Å²) in [5, 5.41) is 2.62. The van der Waals surface area contributed by atoms with Crippen molar-refractivity contribution >= 4 is 5.91 Å². The lowest BCUT2D eigenvalue weighted by atomic mass is 10.0. The zero-order valence-corrected chi connectivity index (χ0v) is 13.3. The van der Waals surface area contributed by atoms with E-state index in [-0.39, 0.29) is 11.3 Å². The van der Waals surface area contributed by atoms with E-state index in [0.29, 0.717) is 11.4 Å². The Morgan fingerprint density at radius 3 is 2.46 bits per heavy atom. The summed E-state index contributed by atoms with van der Waals surface area (Å²) >= 11 is 0. The summed E-state index contributed by atoms with van der Waals surface area (Å²) in [4.78, 5) is 29.9. The molecule has 0 saturated heterocycles. The van der Waals surface area contributed by atoms with Gasteiger partial charge in [0.05, 0.1) is 11.6 Å². The van der Waals surface area contributed by atoms with E-state index in [9.17, 15) is 22.8 Å². The number of aromatic nitrogens is 2. The zero-order chi connectivity index (χ0) is 18.1. The fourth-order valence-corrected chi connectivity index (χ4v) is 2.32. The van der Waals surface area contributed by atoms with E-state index in [1.165, 1.54) is 19.1 Å². The second kappa shape index (κ2) is 6.46. The average Bonchev–Trinajstić information content (AvgIpc) is 2.44. The van der Waals surface area contributed by atoms with Crippen molar-refractivity contribution < 1.29 is 18.0 Å². The maximum Gasteiger partial charge on any atom is 0.416 e. The molecule has 0 aliphatic carbocycles. The Labute approximate surface area is 135 Å². The van der Waals surface area contributed by atoms with Crippen LogP contribution in [0.3, 0.4) is 0 Å². The lowest BCUT2D eigenvalue weighted by Gasteiger charge is -2.17. The van der Waals surface area contributed by atoms with Crippen molar-refractivity contribution in [2.45, 2.75) is 33.0 Å². The monoisotopic (exact) mass is 339 g/mol. The van der Waals surface area contributed by atoms with Gasteiger partial charge in [0, 0.05) is 6.07 Å². The number of carbonyl (C=O) groups is 1. The predicted molar refractivity (Wildman–Crippen MR) is 81.7 cm³/mol. The first-order valence-corrected chi connectivity index (χ1v) is 7.14. The number of aromatic amines is 1. The summed E-state index contributed by atoms with van der Waals surface area (Å²) in [5.74, 6) is -0.278. The first kappa shape index (κ1) is 17.7. The van der Waals surface area contributed by atoms with Crippen LogP contribution < -0.4 is 10.9 Å². The maximum atomic E-state index is 12.8. The Hall–Kier alpha value is -2.64. The van der Waals surface area contributed by atoms with Gasteiger partial charge in [0.15, 0.2) is 0 Å². The number of rotatable bonds is 3. The number of alkyl halides is 3. The third-order valence-corrected chi connectivity index (χ3v) is 3.50. The minimum atomic E-state index is -4.42. The second-order valence-corrected chi connectivity index (χ2v) is 5.48. The number of aryl methyl sites for hydroxylation is 2. The molecule has 0 aliphatic heterocycles. The third kappa shape index (κ3) is 4.01. The van der Waals surface area contributed by atoms with E-state index in [1.54, 1.807) is 13.8 Å². The van der Waals surface area contributed by atoms with Crippen LogP contribution in [0.25, 0.3) is 0 Å². The van der Waals surface area contributed by atoms with E-state index in [0.717, 1.165) is 12.1 Å². The van der Waals surface area contributed by atoms with Crippen LogP contribution in [0.4, 0.5) is 13.2 Å². The van der Waals surface area contributed by atoms with Gasteiger partial charge < -0.3 is 10.3 Å². The molecule has 128 valence electrons. The smallest absolute Gasteiger partial charge is 0.344 e. The Balaban J connectivity index is 2.20. The Kier molecular flexibility index (Phi) is 4.77. The highest BCUT2D eigenvalue weighted by Gasteiger charge is 2.32. The summed E-state index contributed by atoms with van der Waals surface area (Å²) in [5.41, 5.74) is -0.615. The van der Waals surface area contributed by atoms with Gasteiger partial charge in [0.25, 0.3) is 11.5 Å². The number of carbonyl (C=O) groups excluding carboxylic acids is 1. The van der Waals surface area contributed by atoms with Crippen molar-refractivity contribution in [3.8, 4) is 0 Å². The molecule has 1 amide bonds. The van der Waals surface area contributed by atoms with Gasteiger partial charge in [-0.05, 0) is 38.0 Å². The molecule has 0 spiro atoms. The largest absolute Gasteiger partial charge is 0.416 e. The summed E-state index contributed by atoms with van der Waals surface area (Å²) in [6.45, 7) is 4.54. The van der Waals surface area contributed by atoms with Crippen LogP contribution in [0, 0.1) is 13.8 Å². The number of hydrogen-bond acceptors (Lipinski definition) is 3. The van der Waals surface area contributed by atoms with Crippen molar-refractivity contribution in [3.63, 3.8) is 0 Å². The molecule has 1 aromatic heterocycles. The van der Waals surface area contributed by atoms with Crippen molar-refractivity contribution in [1.82, 2.24) is 15.3 Å². The van der Waals surface area contributed by atoms with Gasteiger partial charge >= 0.3 is 6.18 Å². The lowest BCUT2D eigenvalue weighted by molar-refractivity contribution is -0.138. The van der Waals surface area contributed by atoms with Gasteiger partial charge in [-0.25, -0.2) is 4.98 Å². The van der Waals surface area contributed by atoms with E-state index in [2.05, 4.69) is 15.3 Å². The minimum absolute atomic E-state index is 0.0493. The van der Waals surface area contributed by atoms with Crippen LogP contribution in [-0.2, 0) is 6.18 Å². The number of halogens is 3. The van der Waals surface area contributed by atoms with Gasteiger partial charge in [-0.3, -0.25) is 9.59 Å². The van der Waals surface area contributed by atoms with Crippen LogP contribution in [0.5, 0.6) is 0 Å². The maximum absolute atomic E-state index is 12.8. The number of hydrogen-bond donors (Lipinski definition) is 2. The minimum Gasteiger partial charge on any atom is -0.344 e. The molecule has 24 heavy (non-hydrogen) atoms. The molecular formula is C16H16F3N3O2. The van der Waals surface area contributed by atoms with Gasteiger partial charge in [-0.15, -0.1) is 0 Å². The number of H-pyrrole nitrogens is 1. The van der Waals surface area contributed by atoms with Crippen molar-refractivity contribution in [2.24, 2.45) is 0 Å². The zero-order valence-electron chi connectivity index (χ0n) is 13.3. The molecule has 1 heterocycles. The number of benzene rings is 1. The van der Waals surface area contributed by atoms with Crippen LogP contribution in [0.15, 0.2) is 29.1 Å². The lowest BCUT2D eigenvalue weighted by Crippen LogP contribution is -2.29. The van der Waals surface area contributed by atoms with Gasteiger partial charge in [0.1, 0.15) is 11.5 Å². The van der Waals surface area contributed by atoms with Crippen molar-refractivity contribution in [3.05, 3.63) is 62.8 Å². The first-order chi connectivity index (χ1) is 11.1. The summed E-state index contributed by atoms with van der Waals surface area (Å²) in [6, 6.07) is 4.21. The topological polar surface area (TPSA) is 74.8 Å². The first-order valence-electron chi connectivity index (χ1n) is 7.14.